The zero-order chi connectivity index (χ0) is 27.2. The highest BCUT2D eigenvalue weighted by molar-refractivity contribution is 5.92. The molecule has 0 spiro atoms. The fourth-order valence-corrected chi connectivity index (χ4v) is 5.12. The minimum atomic E-state index is -1.34. The molecule has 0 amide bonds. The molecule has 1 aliphatic heterocycles. The van der Waals surface area contributed by atoms with Crippen molar-refractivity contribution < 1.29 is 9.90 Å². The Bertz CT molecular complexity index is 1230. The Kier molecular flexibility index (Phi) is 11.7. The van der Waals surface area contributed by atoms with E-state index < -0.39 is 11.5 Å². The summed E-state index contributed by atoms with van der Waals surface area (Å²) in [5, 5.41) is 27.7. The van der Waals surface area contributed by atoms with E-state index in [1.54, 1.807) is 12.1 Å². The number of hydrogen-bond donors (Lipinski definition) is 1. The number of nitriles is 2. The molecule has 0 atom stereocenters. The highest BCUT2D eigenvalue weighted by Gasteiger charge is 2.20. The summed E-state index contributed by atoms with van der Waals surface area (Å²) in [7, 11) is 0. The molecule has 5 nitrogen and oxygen atoms in total. The third-order valence-corrected chi connectivity index (χ3v) is 7.18. The number of aliphatic carboxylic acids is 1. The molecule has 0 saturated carbocycles. The summed E-state index contributed by atoms with van der Waals surface area (Å²) in [5.41, 5.74) is 5.53. The molecule has 5 heteroatoms. The molecule has 0 bridgehead atoms. The van der Waals surface area contributed by atoms with Crippen LogP contribution in [-0.4, -0.2) is 17.6 Å². The number of fused-ring (bicyclic) bond motifs is 2. The van der Waals surface area contributed by atoms with Crippen LogP contribution in [0.15, 0.2) is 59.7 Å². The molecule has 1 N–H and O–H groups in total. The van der Waals surface area contributed by atoms with Gasteiger partial charge in [0.15, 0.2) is 0 Å². The lowest BCUT2D eigenvalue weighted by Crippen LogP contribution is -2.19. The van der Waals surface area contributed by atoms with Gasteiger partial charge < -0.3 is 10.0 Å². The van der Waals surface area contributed by atoms with Crippen LogP contribution in [0.1, 0.15) is 87.8 Å². The number of anilines is 2. The SMILES string of the molecule is CCCCCCCCCCCCN1c2ccccc2CCc2cc(/C=C(C#N)\C=C(\C#N)C(=O)O)ccc21. The van der Waals surface area contributed by atoms with E-state index in [0.29, 0.717) is 0 Å². The smallest absolute Gasteiger partial charge is 0.346 e. The summed E-state index contributed by atoms with van der Waals surface area (Å²) in [6.45, 7) is 3.22. The van der Waals surface area contributed by atoms with E-state index in [2.05, 4.69) is 48.2 Å². The fraction of sp³-hybridized carbons (Fsp3) is 0.424. The minimum absolute atomic E-state index is 0.142. The second-order valence-corrected chi connectivity index (χ2v) is 10.0. The van der Waals surface area contributed by atoms with Crippen LogP contribution in [0.25, 0.3) is 6.08 Å². The molecule has 0 unspecified atom stereocenters. The Labute approximate surface area is 227 Å². The van der Waals surface area contributed by atoms with Crippen molar-refractivity contribution in [2.45, 2.75) is 84.0 Å². The first kappa shape index (κ1) is 28.7. The maximum Gasteiger partial charge on any atom is 0.346 e. The first-order valence-corrected chi connectivity index (χ1v) is 14.0. The van der Waals surface area contributed by atoms with Gasteiger partial charge >= 0.3 is 5.97 Å². The summed E-state index contributed by atoms with van der Waals surface area (Å²) in [4.78, 5) is 13.6. The third-order valence-electron chi connectivity index (χ3n) is 7.18. The second-order valence-electron chi connectivity index (χ2n) is 10.0. The number of carbonyl (C=O) groups is 1. The number of benzene rings is 2. The standard InChI is InChI=1S/C33H39N3O2/c1-2-3-4-5-6-7-8-9-10-13-20-36-31-15-12-11-14-28(31)17-18-29-22-26(16-19-32(29)36)21-27(24-34)23-30(25-35)33(37)38/h11-12,14-16,19,21-23H,2-10,13,17-18,20H2,1H3,(H,37,38)/b27-21+,30-23-. The number of allylic oxidation sites excluding steroid dienone is 2. The van der Waals surface area contributed by atoms with E-state index in [4.69, 9.17) is 10.4 Å². The molecule has 0 aromatic heterocycles. The minimum Gasteiger partial charge on any atom is -0.477 e. The van der Waals surface area contributed by atoms with Crippen molar-refractivity contribution in [3.05, 3.63) is 76.4 Å². The zero-order valence-electron chi connectivity index (χ0n) is 22.6. The Hall–Kier alpha value is -3.83. The summed E-state index contributed by atoms with van der Waals surface area (Å²) < 4.78 is 0. The van der Waals surface area contributed by atoms with E-state index >= 15 is 0 Å². The van der Waals surface area contributed by atoms with Gasteiger partial charge in [-0.2, -0.15) is 10.5 Å². The molecule has 0 radical (unpaired) electrons. The highest BCUT2D eigenvalue weighted by atomic mass is 16.4. The summed E-state index contributed by atoms with van der Waals surface area (Å²) in [5.74, 6) is -1.34. The number of carboxylic acid groups (broad SMARTS) is 1. The number of hydrogen-bond acceptors (Lipinski definition) is 4. The van der Waals surface area contributed by atoms with Crippen LogP contribution in [-0.2, 0) is 17.6 Å². The van der Waals surface area contributed by atoms with E-state index in [0.717, 1.165) is 37.4 Å². The number of carboxylic acids is 1. The molecule has 198 valence electrons. The Morgan fingerprint density at radius 3 is 2.16 bits per heavy atom. The average Bonchev–Trinajstić information content (AvgIpc) is 3.08. The topological polar surface area (TPSA) is 88.1 Å². The normalized spacial score (nSPS) is 13.2. The molecule has 0 aliphatic carbocycles. The first-order valence-electron chi connectivity index (χ1n) is 14.0. The van der Waals surface area contributed by atoms with E-state index in [1.807, 2.05) is 12.1 Å². The van der Waals surface area contributed by atoms with Gasteiger partial charge in [-0.1, -0.05) is 89.0 Å². The van der Waals surface area contributed by atoms with Crippen molar-refractivity contribution in [1.29, 1.82) is 10.5 Å². The van der Waals surface area contributed by atoms with Gasteiger partial charge in [-0.25, -0.2) is 4.79 Å². The largest absolute Gasteiger partial charge is 0.477 e. The van der Waals surface area contributed by atoms with Gasteiger partial charge in [0, 0.05) is 17.9 Å². The van der Waals surface area contributed by atoms with Gasteiger partial charge in [-0.3, -0.25) is 0 Å². The van der Waals surface area contributed by atoms with Crippen molar-refractivity contribution in [3.63, 3.8) is 0 Å². The van der Waals surface area contributed by atoms with Crippen molar-refractivity contribution in [2.24, 2.45) is 0 Å². The predicted octanol–water partition coefficient (Wildman–Crippen LogP) is 8.29. The number of unbranched alkanes of at least 4 members (excludes halogenated alkanes) is 9. The highest BCUT2D eigenvalue weighted by Crippen LogP contribution is 2.37. The lowest BCUT2D eigenvalue weighted by Gasteiger charge is -2.27. The van der Waals surface area contributed by atoms with Crippen LogP contribution in [0.3, 0.4) is 0 Å². The molecule has 1 heterocycles. The number of para-hydroxylation sites is 1. The maximum atomic E-state index is 11.2. The molecule has 3 rings (SSSR count). The molecule has 0 saturated heterocycles. The number of nitrogens with zero attached hydrogens (tertiary/aromatic N) is 3. The van der Waals surface area contributed by atoms with E-state index in [1.165, 1.54) is 80.3 Å². The summed E-state index contributed by atoms with van der Waals surface area (Å²) in [6.07, 6.45) is 17.7. The molecule has 2 aromatic rings. The van der Waals surface area contributed by atoms with Gasteiger partial charge in [0.2, 0.25) is 0 Å². The van der Waals surface area contributed by atoms with Crippen molar-refractivity contribution >= 4 is 23.4 Å². The Morgan fingerprint density at radius 2 is 1.50 bits per heavy atom. The van der Waals surface area contributed by atoms with Gasteiger partial charge in [-0.05, 0) is 66.3 Å². The van der Waals surface area contributed by atoms with Gasteiger partial charge in [0.25, 0.3) is 0 Å². The Morgan fingerprint density at radius 1 is 0.868 bits per heavy atom. The Balaban J connectivity index is 1.72. The van der Waals surface area contributed by atoms with Crippen LogP contribution in [0, 0.1) is 22.7 Å². The lowest BCUT2D eigenvalue weighted by atomic mass is 10.0. The van der Waals surface area contributed by atoms with Crippen LogP contribution < -0.4 is 4.90 Å². The summed E-state index contributed by atoms with van der Waals surface area (Å²) in [6, 6.07) is 18.4. The van der Waals surface area contributed by atoms with Crippen molar-refractivity contribution in [3.8, 4) is 12.1 Å². The van der Waals surface area contributed by atoms with Crippen molar-refractivity contribution in [2.75, 3.05) is 11.4 Å². The van der Waals surface area contributed by atoms with Gasteiger partial charge in [0.05, 0.1) is 11.6 Å². The quantitative estimate of drug-likeness (QED) is 0.120. The third kappa shape index (κ3) is 8.35. The maximum absolute atomic E-state index is 11.2. The van der Waals surface area contributed by atoms with Crippen LogP contribution in [0.5, 0.6) is 0 Å². The second kappa shape index (κ2) is 15.4. The van der Waals surface area contributed by atoms with Crippen LogP contribution >= 0.6 is 0 Å². The zero-order valence-corrected chi connectivity index (χ0v) is 22.6. The lowest BCUT2D eigenvalue weighted by molar-refractivity contribution is -0.132. The molecule has 2 aromatic carbocycles. The van der Waals surface area contributed by atoms with E-state index in [9.17, 15) is 10.1 Å². The molecular formula is C33H39N3O2. The molecular weight excluding hydrogens is 470 g/mol. The van der Waals surface area contributed by atoms with Gasteiger partial charge in [0.1, 0.15) is 11.6 Å². The van der Waals surface area contributed by atoms with Crippen LogP contribution in [0.2, 0.25) is 0 Å². The number of rotatable bonds is 14. The fourth-order valence-electron chi connectivity index (χ4n) is 5.12. The summed E-state index contributed by atoms with van der Waals surface area (Å²) >= 11 is 0. The first-order chi connectivity index (χ1) is 18.6. The predicted molar refractivity (Wildman–Crippen MR) is 154 cm³/mol. The van der Waals surface area contributed by atoms with Gasteiger partial charge in [-0.15, -0.1) is 0 Å². The molecule has 1 aliphatic rings. The molecule has 0 fully saturated rings. The monoisotopic (exact) mass is 509 g/mol. The molecule has 38 heavy (non-hydrogen) atoms. The van der Waals surface area contributed by atoms with Crippen LogP contribution in [0.4, 0.5) is 11.4 Å². The average molecular weight is 510 g/mol. The van der Waals surface area contributed by atoms with E-state index in [-0.39, 0.29) is 5.57 Å². The van der Waals surface area contributed by atoms with Crippen molar-refractivity contribution in [1.82, 2.24) is 0 Å². The number of aryl methyl sites for hydroxylation is 2.